The largest absolute Gasteiger partial charge is 0.357 e. The van der Waals surface area contributed by atoms with Gasteiger partial charge in [0.2, 0.25) is 0 Å². The van der Waals surface area contributed by atoms with Crippen molar-refractivity contribution in [2.45, 2.75) is 51.6 Å². The molecule has 5 heteroatoms. The van der Waals surface area contributed by atoms with E-state index in [-0.39, 0.29) is 0 Å². The Labute approximate surface area is 144 Å². The van der Waals surface area contributed by atoms with Crippen LogP contribution in [-0.2, 0) is 6.54 Å². The molecule has 0 radical (unpaired) electrons. The van der Waals surface area contributed by atoms with Gasteiger partial charge in [0.05, 0.1) is 12.2 Å². The van der Waals surface area contributed by atoms with Gasteiger partial charge in [0.1, 0.15) is 0 Å². The van der Waals surface area contributed by atoms with E-state index in [0.717, 1.165) is 18.2 Å². The molecule has 1 heterocycles. The van der Waals surface area contributed by atoms with Crippen LogP contribution in [0, 0.1) is 0 Å². The molecule has 3 rings (SSSR count). The molecule has 0 unspecified atom stereocenters. The van der Waals surface area contributed by atoms with Gasteiger partial charge in [0, 0.05) is 25.0 Å². The van der Waals surface area contributed by atoms with Crippen molar-refractivity contribution in [1.29, 1.82) is 0 Å². The number of hydrogen-bond donors (Lipinski definition) is 2. The first kappa shape index (κ1) is 16.6. The number of aromatic nitrogens is 2. The Kier molecular flexibility index (Phi) is 5.88. The molecule has 1 saturated carbocycles. The average Bonchev–Trinajstić information content (AvgIpc) is 3.16. The van der Waals surface area contributed by atoms with Crippen LogP contribution in [0.4, 0.5) is 0 Å². The van der Waals surface area contributed by atoms with Gasteiger partial charge in [-0.15, -0.1) is 0 Å². The Morgan fingerprint density at radius 1 is 1.21 bits per heavy atom. The first-order chi connectivity index (χ1) is 11.8. The number of aliphatic imine (C=N–C) groups is 1. The minimum Gasteiger partial charge on any atom is -0.357 e. The summed E-state index contributed by atoms with van der Waals surface area (Å²) in [6.45, 7) is 3.68. The highest BCUT2D eigenvalue weighted by Gasteiger charge is 2.14. The fraction of sp³-hybridized carbons (Fsp3) is 0.474. The van der Waals surface area contributed by atoms with E-state index >= 15 is 0 Å². The second-order valence-electron chi connectivity index (χ2n) is 6.29. The van der Waals surface area contributed by atoms with E-state index < -0.39 is 0 Å². The van der Waals surface area contributed by atoms with Crippen LogP contribution in [0.1, 0.15) is 44.6 Å². The average molecular weight is 325 g/mol. The highest BCUT2D eigenvalue weighted by molar-refractivity contribution is 5.80. The van der Waals surface area contributed by atoms with Crippen molar-refractivity contribution < 1.29 is 0 Å². The molecule has 0 amide bonds. The fourth-order valence-corrected chi connectivity index (χ4v) is 3.11. The summed E-state index contributed by atoms with van der Waals surface area (Å²) in [6.07, 6.45) is 10.3. The number of nitrogens with zero attached hydrogens (tertiary/aromatic N) is 3. The molecule has 1 fully saturated rings. The minimum absolute atomic E-state index is 0.568. The Balaban J connectivity index is 1.60. The van der Waals surface area contributed by atoms with E-state index in [2.05, 4.69) is 46.9 Å². The molecule has 24 heavy (non-hydrogen) atoms. The number of benzene rings is 1. The summed E-state index contributed by atoms with van der Waals surface area (Å²) in [5.74, 6) is 0.931. The summed E-state index contributed by atoms with van der Waals surface area (Å²) in [7, 11) is 0. The van der Waals surface area contributed by atoms with Crippen molar-refractivity contribution in [3.05, 3.63) is 48.3 Å². The maximum Gasteiger partial charge on any atom is 0.191 e. The zero-order valence-electron chi connectivity index (χ0n) is 14.4. The van der Waals surface area contributed by atoms with E-state index in [9.17, 15) is 0 Å². The first-order valence-corrected chi connectivity index (χ1v) is 8.99. The summed E-state index contributed by atoms with van der Waals surface area (Å²) >= 11 is 0. The molecule has 0 bridgehead atoms. The molecule has 5 nitrogen and oxygen atoms in total. The van der Waals surface area contributed by atoms with Gasteiger partial charge in [0.25, 0.3) is 0 Å². The van der Waals surface area contributed by atoms with E-state index in [1.165, 1.54) is 37.7 Å². The van der Waals surface area contributed by atoms with Crippen LogP contribution >= 0.6 is 0 Å². The fourth-order valence-electron chi connectivity index (χ4n) is 3.11. The first-order valence-electron chi connectivity index (χ1n) is 8.99. The van der Waals surface area contributed by atoms with Crippen molar-refractivity contribution in [2.24, 2.45) is 4.99 Å². The standard InChI is InChI=1S/C19H27N5/c1-2-20-19(23-17-7-4-3-5-8-17)21-15-16-9-11-18(12-10-16)24-14-6-13-22-24/h6,9-14,17H,2-5,7-8,15H2,1H3,(H2,20,21,23). The number of guanidine groups is 1. The SMILES string of the molecule is CCNC(=NCc1ccc(-n2cccn2)cc1)NC1CCCCC1. The van der Waals surface area contributed by atoms with Gasteiger partial charge >= 0.3 is 0 Å². The molecule has 0 aliphatic heterocycles. The van der Waals surface area contributed by atoms with Crippen molar-refractivity contribution >= 4 is 5.96 Å². The maximum atomic E-state index is 4.74. The molecule has 1 aromatic heterocycles. The highest BCUT2D eigenvalue weighted by atomic mass is 15.3. The lowest BCUT2D eigenvalue weighted by Gasteiger charge is -2.24. The van der Waals surface area contributed by atoms with E-state index in [4.69, 9.17) is 4.99 Å². The van der Waals surface area contributed by atoms with Crippen LogP contribution in [0.2, 0.25) is 0 Å². The van der Waals surface area contributed by atoms with Crippen molar-refractivity contribution in [1.82, 2.24) is 20.4 Å². The van der Waals surface area contributed by atoms with Crippen LogP contribution in [0.15, 0.2) is 47.7 Å². The van der Waals surface area contributed by atoms with E-state index in [0.29, 0.717) is 12.6 Å². The number of rotatable bonds is 5. The van der Waals surface area contributed by atoms with Gasteiger partial charge in [-0.25, -0.2) is 9.67 Å². The molecule has 128 valence electrons. The van der Waals surface area contributed by atoms with Gasteiger partial charge in [-0.1, -0.05) is 31.4 Å². The number of nitrogens with one attached hydrogen (secondary N) is 2. The molecule has 1 aliphatic carbocycles. The molecule has 2 aromatic rings. The second-order valence-corrected chi connectivity index (χ2v) is 6.29. The lowest BCUT2D eigenvalue weighted by Crippen LogP contribution is -2.44. The summed E-state index contributed by atoms with van der Waals surface area (Å²) in [5, 5.41) is 11.2. The number of hydrogen-bond acceptors (Lipinski definition) is 2. The molecule has 1 aromatic carbocycles. The molecule has 1 aliphatic rings. The van der Waals surface area contributed by atoms with Gasteiger partial charge in [-0.05, 0) is 43.5 Å². The van der Waals surface area contributed by atoms with Crippen LogP contribution in [0.25, 0.3) is 5.69 Å². The zero-order chi connectivity index (χ0) is 16.6. The lowest BCUT2D eigenvalue weighted by molar-refractivity contribution is 0.410. The van der Waals surface area contributed by atoms with Gasteiger partial charge in [0.15, 0.2) is 5.96 Å². The van der Waals surface area contributed by atoms with Crippen molar-refractivity contribution in [3.8, 4) is 5.69 Å². The Bertz CT molecular complexity index is 624. The summed E-state index contributed by atoms with van der Waals surface area (Å²) in [5.41, 5.74) is 2.27. The summed E-state index contributed by atoms with van der Waals surface area (Å²) in [4.78, 5) is 4.74. The van der Waals surface area contributed by atoms with Crippen LogP contribution in [-0.4, -0.2) is 28.3 Å². The third-order valence-electron chi connectivity index (χ3n) is 4.42. The van der Waals surface area contributed by atoms with Gasteiger partial charge in [-0.2, -0.15) is 5.10 Å². The maximum absolute atomic E-state index is 4.74. The Hall–Kier alpha value is -2.30. The molecular formula is C19H27N5. The molecule has 0 saturated heterocycles. The molecule has 0 atom stereocenters. The predicted octanol–water partition coefficient (Wildman–Crippen LogP) is 3.26. The summed E-state index contributed by atoms with van der Waals surface area (Å²) < 4.78 is 1.86. The highest BCUT2D eigenvalue weighted by Crippen LogP contribution is 2.17. The zero-order valence-corrected chi connectivity index (χ0v) is 14.4. The van der Waals surface area contributed by atoms with Crippen LogP contribution in [0.3, 0.4) is 0 Å². The normalized spacial score (nSPS) is 16.1. The van der Waals surface area contributed by atoms with Crippen molar-refractivity contribution in [2.75, 3.05) is 6.54 Å². The van der Waals surface area contributed by atoms with Crippen LogP contribution in [0.5, 0.6) is 0 Å². The smallest absolute Gasteiger partial charge is 0.191 e. The molecule has 2 N–H and O–H groups in total. The third-order valence-corrected chi connectivity index (χ3v) is 4.42. The van der Waals surface area contributed by atoms with Gasteiger partial charge in [-0.3, -0.25) is 0 Å². The van der Waals surface area contributed by atoms with Crippen LogP contribution < -0.4 is 10.6 Å². The molecule has 0 spiro atoms. The monoisotopic (exact) mass is 325 g/mol. The quantitative estimate of drug-likeness (QED) is 0.655. The molecular weight excluding hydrogens is 298 g/mol. The summed E-state index contributed by atoms with van der Waals surface area (Å²) in [6, 6.07) is 10.9. The van der Waals surface area contributed by atoms with Gasteiger partial charge < -0.3 is 10.6 Å². The lowest BCUT2D eigenvalue weighted by atomic mass is 9.96. The third kappa shape index (κ3) is 4.60. The predicted molar refractivity (Wildman–Crippen MR) is 98.4 cm³/mol. The topological polar surface area (TPSA) is 54.2 Å². The van der Waals surface area contributed by atoms with Crippen molar-refractivity contribution in [3.63, 3.8) is 0 Å². The minimum atomic E-state index is 0.568. The van der Waals surface area contributed by atoms with E-state index in [1.807, 2.05) is 16.9 Å². The second kappa shape index (κ2) is 8.52. The van der Waals surface area contributed by atoms with E-state index in [1.54, 1.807) is 6.20 Å². The Morgan fingerprint density at radius 2 is 2.00 bits per heavy atom. The Morgan fingerprint density at radius 3 is 2.67 bits per heavy atom.